The number of methoxy groups -OCH3 is 1. The average molecular weight is 697 g/mol. The van der Waals surface area contributed by atoms with Crippen LogP contribution in [0.15, 0.2) is 46.1 Å². The largest absolute Gasteiger partial charge is 0.469 e. The van der Waals surface area contributed by atoms with E-state index in [1.807, 2.05) is 46.8 Å². The van der Waals surface area contributed by atoms with Gasteiger partial charge in [-0.1, -0.05) is 48.3 Å². The van der Waals surface area contributed by atoms with Crippen LogP contribution in [0.25, 0.3) is 0 Å². The first kappa shape index (κ1) is 40.1. The Kier molecular flexibility index (Phi) is 12.4. The predicted octanol–water partition coefficient (Wildman–Crippen LogP) is 6.09. The highest BCUT2D eigenvalue weighted by Crippen LogP contribution is 2.55. The minimum atomic E-state index is -1.71. The molecule has 3 N–H and O–H groups in total. The third kappa shape index (κ3) is 8.01. The zero-order valence-electron chi connectivity index (χ0n) is 31.6. The molecule has 2 aliphatic heterocycles. The Labute approximate surface area is 298 Å². The SMILES string of the molecule is COC(=O)[C@]12CC(=O)[C@H](C(C)C)CC(=O)/C(C)=C/CC/C(C)=C/C(=O)[C@H]1CC(C)=C1C[C@H](O)[C@](C)(O)[C@H]3CC[C@@](C)(O)[C@H](CC/C(C)=C/[C@@H]12)O3. The molecule has 0 amide bonds. The summed E-state index contributed by atoms with van der Waals surface area (Å²) in [4.78, 5) is 57.1. The van der Waals surface area contributed by atoms with E-state index in [1.54, 1.807) is 26.8 Å². The van der Waals surface area contributed by atoms with Crippen LogP contribution in [0.5, 0.6) is 0 Å². The summed E-state index contributed by atoms with van der Waals surface area (Å²) in [6.07, 6.45) is 5.25. The molecule has 0 aromatic heterocycles. The fraction of sp³-hybridized carbons (Fsp3) is 0.707. The van der Waals surface area contributed by atoms with Crippen molar-refractivity contribution in [1.82, 2.24) is 0 Å². The molecule has 2 heterocycles. The summed E-state index contributed by atoms with van der Waals surface area (Å²) in [7, 11) is 1.27. The lowest BCUT2D eigenvalue weighted by molar-refractivity contribution is -0.234. The van der Waals surface area contributed by atoms with Crippen molar-refractivity contribution in [2.24, 2.45) is 29.1 Å². The Morgan fingerprint density at radius 3 is 2.28 bits per heavy atom. The first-order chi connectivity index (χ1) is 23.3. The van der Waals surface area contributed by atoms with Crippen molar-refractivity contribution in [2.75, 3.05) is 7.11 Å². The van der Waals surface area contributed by atoms with E-state index in [9.17, 15) is 34.5 Å². The summed E-state index contributed by atoms with van der Waals surface area (Å²) in [5.41, 5.74) is -0.799. The third-order valence-electron chi connectivity index (χ3n) is 12.4. The second-order valence-electron chi connectivity index (χ2n) is 16.5. The standard InChI is InChI=1S/C41H60O9/c1-23(2)28-20-32(42)26(5)12-10-11-24(3)18-33(43)31-19-27(6)29-21-35(45)40(8,48)37-15-16-39(7,47)36(50-37)14-13-25(4)17-30(29)41(31,22-34(28)44)38(46)49-9/h12,17-18,23,28,30-31,35-37,45,47-48H,10-11,13-16,19-22H2,1-9H3/b24-18+,25-17+,26-12+/t28-,30-,31+,35-,36-,37+,39+,40-,41-/m0/s1. The Morgan fingerprint density at radius 1 is 0.960 bits per heavy atom. The molecule has 4 rings (SSSR count). The molecule has 2 aliphatic carbocycles. The molecule has 0 unspecified atom stereocenters. The van der Waals surface area contributed by atoms with Crippen LogP contribution < -0.4 is 0 Å². The smallest absolute Gasteiger partial charge is 0.313 e. The van der Waals surface area contributed by atoms with Crippen molar-refractivity contribution >= 4 is 23.3 Å². The molecule has 0 saturated carbocycles. The summed E-state index contributed by atoms with van der Waals surface area (Å²) in [6.45, 7) is 14.5. The molecule has 0 aromatic carbocycles. The molecule has 9 atom stereocenters. The molecule has 0 radical (unpaired) electrons. The van der Waals surface area contributed by atoms with Gasteiger partial charge in [0.05, 0.1) is 36.4 Å². The van der Waals surface area contributed by atoms with E-state index in [0.29, 0.717) is 49.7 Å². The third-order valence-corrected chi connectivity index (χ3v) is 12.4. The minimum Gasteiger partial charge on any atom is -0.469 e. The van der Waals surface area contributed by atoms with Crippen LogP contribution in [0.4, 0.5) is 0 Å². The van der Waals surface area contributed by atoms with Gasteiger partial charge in [0.25, 0.3) is 0 Å². The van der Waals surface area contributed by atoms with Gasteiger partial charge in [-0.05, 0) is 110 Å². The van der Waals surface area contributed by atoms with Gasteiger partial charge >= 0.3 is 5.97 Å². The lowest BCUT2D eigenvalue weighted by Crippen LogP contribution is -2.59. The summed E-state index contributed by atoms with van der Waals surface area (Å²) >= 11 is 0. The van der Waals surface area contributed by atoms with Crippen molar-refractivity contribution in [3.8, 4) is 0 Å². The Bertz CT molecular complexity index is 1470. The van der Waals surface area contributed by atoms with Crippen LogP contribution in [0.3, 0.4) is 0 Å². The summed E-state index contributed by atoms with van der Waals surface area (Å²) in [5.74, 6) is -4.06. The number of ketones is 3. The number of hydrogen-bond donors (Lipinski definition) is 3. The number of aliphatic hydroxyl groups excluding tert-OH is 1. The van der Waals surface area contributed by atoms with Gasteiger partial charge in [0, 0.05) is 30.6 Å². The van der Waals surface area contributed by atoms with Crippen molar-refractivity contribution in [1.29, 1.82) is 0 Å². The number of Topliss-reactive ketones (excluding diaryl/α,β-unsaturated/α-hetero) is 2. The highest BCUT2D eigenvalue weighted by atomic mass is 16.5. The van der Waals surface area contributed by atoms with E-state index in [4.69, 9.17) is 9.47 Å². The fourth-order valence-electron chi connectivity index (χ4n) is 8.79. The van der Waals surface area contributed by atoms with Gasteiger partial charge in [0.1, 0.15) is 11.4 Å². The first-order valence-corrected chi connectivity index (χ1v) is 18.4. The van der Waals surface area contributed by atoms with E-state index < -0.39 is 58.7 Å². The number of allylic oxidation sites excluding steroid dienone is 7. The molecular weight excluding hydrogens is 636 g/mol. The maximum atomic E-state index is 14.6. The quantitative estimate of drug-likeness (QED) is 0.231. The number of rotatable bonds is 2. The van der Waals surface area contributed by atoms with E-state index in [1.165, 1.54) is 7.11 Å². The van der Waals surface area contributed by atoms with Crippen LogP contribution in [0.2, 0.25) is 0 Å². The molecule has 278 valence electrons. The van der Waals surface area contributed by atoms with Gasteiger partial charge in [0.15, 0.2) is 11.6 Å². The Morgan fingerprint density at radius 2 is 1.64 bits per heavy atom. The molecule has 9 nitrogen and oxygen atoms in total. The van der Waals surface area contributed by atoms with E-state index in [-0.39, 0.29) is 49.0 Å². The fourth-order valence-corrected chi connectivity index (χ4v) is 8.79. The van der Waals surface area contributed by atoms with Gasteiger partial charge in [-0.15, -0.1) is 0 Å². The molecule has 0 aromatic rings. The van der Waals surface area contributed by atoms with E-state index >= 15 is 0 Å². The lowest BCUT2D eigenvalue weighted by Gasteiger charge is -2.50. The average Bonchev–Trinajstić information content (AvgIpc) is 3.03. The summed E-state index contributed by atoms with van der Waals surface area (Å²) in [6, 6.07) is 0. The number of esters is 1. The molecule has 50 heavy (non-hydrogen) atoms. The second kappa shape index (κ2) is 15.5. The van der Waals surface area contributed by atoms with Gasteiger partial charge in [-0.2, -0.15) is 0 Å². The zero-order valence-corrected chi connectivity index (χ0v) is 31.6. The maximum Gasteiger partial charge on any atom is 0.313 e. The van der Waals surface area contributed by atoms with Gasteiger partial charge in [-0.3, -0.25) is 19.2 Å². The molecule has 4 aliphatic rings. The number of carbonyl (C=O) groups excluding carboxylic acids is 4. The summed E-state index contributed by atoms with van der Waals surface area (Å²) < 4.78 is 11.9. The van der Waals surface area contributed by atoms with E-state index in [0.717, 1.165) is 16.7 Å². The number of carbonyl (C=O) groups is 4. The van der Waals surface area contributed by atoms with E-state index in [2.05, 4.69) is 0 Å². The number of fused-ring (bicyclic) bond motifs is 5. The van der Waals surface area contributed by atoms with Crippen LogP contribution >= 0.6 is 0 Å². The molecule has 1 saturated heterocycles. The number of hydrogen-bond acceptors (Lipinski definition) is 9. The highest BCUT2D eigenvalue weighted by Gasteiger charge is 2.60. The molecule has 0 spiro atoms. The van der Waals surface area contributed by atoms with Crippen LogP contribution in [-0.4, -0.2) is 75.3 Å². The van der Waals surface area contributed by atoms with Crippen LogP contribution in [0, 0.1) is 29.1 Å². The maximum absolute atomic E-state index is 14.6. The second-order valence-corrected chi connectivity index (χ2v) is 16.5. The minimum absolute atomic E-state index is 0.00490. The Balaban J connectivity index is 2.00. The molecule has 9 heteroatoms. The van der Waals surface area contributed by atoms with Gasteiger partial charge in [0.2, 0.25) is 0 Å². The number of aliphatic hydroxyl groups is 3. The zero-order chi connectivity index (χ0) is 37.3. The molecule has 1 fully saturated rings. The van der Waals surface area contributed by atoms with Crippen molar-refractivity contribution < 1.29 is 44.0 Å². The summed E-state index contributed by atoms with van der Waals surface area (Å²) in [5, 5.41) is 34.9. The highest BCUT2D eigenvalue weighted by molar-refractivity contribution is 6.02. The normalized spacial score (nSPS) is 41.5. The predicted molar refractivity (Wildman–Crippen MR) is 191 cm³/mol. The van der Waals surface area contributed by atoms with Gasteiger partial charge < -0.3 is 24.8 Å². The Hall–Kier alpha value is -2.72. The van der Waals surface area contributed by atoms with Crippen molar-refractivity contribution in [3.63, 3.8) is 0 Å². The molecule has 2 bridgehead atoms. The lowest BCUT2D eigenvalue weighted by atomic mass is 9.53. The topological polar surface area (TPSA) is 147 Å². The van der Waals surface area contributed by atoms with Crippen LogP contribution in [-0.2, 0) is 28.7 Å². The van der Waals surface area contributed by atoms with Crippen molar-refractivity contribution in [3.05, 3.63) is 46.1 Å². The first-order valence-electron chi connectivity index (χ1n) is 18.4. The number of ether oxygens (including phenoxy) is 2. The van der Waals surface area contributed by atoms with Crippen molar-refractivity contribution in [2.45, 2.75) is 149 Å². The molecular formula is C41H60O9. The van der Waals surface area contributed by atoms with Crippen LogP contribution in [0.1, 0.15) is 120 Å². The van der Waals surface area contributed by atoms with Gasteiger partial charge in [-0.25, -0.2) is 0 Å². The monoisotopic (exact) mass is 696 g/mol.